The first kappa shape index (κ1) is 21.4. The van der Waals surface area contributed by atoms with Crippen LogP contribution in [0.15, 0.2) is 59.5 Å². The number of sulfonamides is 1. The molecule has 152 valence electrons. The second-order valence-corrected chi connectivity index (χ2v) is 9.22. The maximum absolute atomic E-state index is 12.6. The first-order valence-electron chi connectivity index (χ1n) is 8.79. The second-order valence-electron chi connectivity index (χ2n) is 6.72. The molecule has 0 unspecified atom stereocenters. The van der Waals surface area contributed by atoms with Crippen molar-refractivity contribution in [3.63, 3.8) is 0 Å². The van der Waals surface area contributed by atoms with Gasteiger partial charge in [0.1, 0.15) is 0 Å². The lowest BCUT2D eigenvalue weighted by Gasteiger charge is -2.10. The summed E-state index contributed by atoms with van der Waals surface area (Å²) in [6.07, 6.45) is 0. The molecule has 0 saturated carbocycles. The van der Waals surface area contributed by atoms with Gasteiger partial charge in [-0.1, -0.05) is 49.2 Å². The minimum Gasteiger partial charge on any atom is -0.476 e. The van der Waals surface area contributed by atoms with E-state index in [0.717, 1.165) is 0 Å². The van der Waals surface area contributed by atoms with Gasteiger partial charge in [0.05, 0.1) is 27.2 Å². The summed E-state index contributed by atoms with van der Waals surface area (Å²) in [5.41, 5.74) is 1.69. The van der Waals surface area contributed by atoms with Crippen molar-refractivity contribution in [3.05, 3.63) is 64.6 Å². The fourth-order valence-electron chi connectivity index (χ4n) is 2.40. The number of hydrogen-bond donors (Lipinski definition) is 1. The Morgan fingerprint density at radius 2 is 1.79 bits per heavy atom. The van der Waals surface area contributed by atoms with Gasteiger partial charge in [0.25, 0.3) is 10.0 Å². The van der Waals surface area contributed by atoms with Crippen LogP contribution >= 0.6 is 23.2 Å². The van der Waals surface area contributed by atoms with Gasteiger partial charge in [0.2, 0.25) is 5.88 Å². The van der Waals surface area contributed by atoms with Crippen LogP contribution in [0.2, 0.25) is 10.0 Å². The van der Waals surface area contributed by atoms with Gasteiger partial charge >= 0.3 is 0 Å². The molecule has 0 radical (unpaired) electrons. The van der Waals surface area contributed by atoms with Crippen LogP contribution in [-0.4, -0.2) is 25.2 Å². The highest BCUT2D eigenvalue weighted by Crippen LogP contribution is 2.27. The summed E-state index contributed by atoms with van der Waals surface area (Å²) in [5.74, 6) is 0.829. The van der Waals surface area contributed by atoms with Gasteiger partial charge in [-0.2, -0.15) is 0 Å². The Kier molecular flexibility index (Phi) is 6.62. The lowest BCUT2D eigenvalue weighted by molar-refractivity contribution is 0.258. The Morgan fingerprint density at radius 3 is 2.45 bits per heavy atom. The Labute approximate surface area is 179 Å². The predicted octanol–water partition coefficient (Wildman–Crippen LogP) is 5.29. The van der Waals surface area contributed by atoms with Crippen LogP contribution in [0.1, 0.15) is 13.8 Å². The third-order valence-electron chi connectivity index (χ3n) is 3.82. The molecular formula is C20H19Cl2N3O3S. The summed E-state index contributed by atoms with van der Waals surface area (Å²) in [4.78, 5) is 0.0174. The summed E-state index contributed by atoms with van der Waals surface area (Å²) in [5, 5.41) is 8.67. The maximum atomic E-state index is 12.6. The number of aromatic nitrogens is 2. The Bertz CT molecular complexity index is 1100. The smallest absolute Gasteiger partial charge is 0.261 e. The molecule has 0 bridgehead atoms. The van der Waals surface area contributed by atoms with Crippen molar-refractivity contribution in [1.29, 1.82) is 0 Å². The third-order valence-corrected chi connectivity index (χ3v) is 5.93. The molecule has 0 saturated heterocycles. The summed E-state index contributed by atoms with van der Waals surface area (Å²) in [6.45, 7) is 4.65. The fraction of sp³-hybridized carbons (Fsp3) is 0.200. The normalized spacial score (nSPS) is 11.5. The third kappa shape index (κ3) is 5.59. The van der Waals surface area contributed by atoms with E-state index in [-0.39, 0.29) is 14.9 Å². The molecule has 1 heterocycles. The molecule has 29 heavy (non-hydrogen) atoms. The van der Waals surface area contributed by atoms with Gasteiger partial charge in [-0.3, -0.25) is 4.72 Å². The standard InChI is InChI=1S/C20H19Cl2N3O3S/c1-13(2)12-28-20-9-8-19(23-24-20)14-4-3-5-15(10-14)25-29(26,27)16-6-7-17(21)18(22)11-16/h3-11,13,25H,12H2,1-2H3. The Hall–Kier alpha value is -2.35. The first-order valence-corrected chi connectivity index (χ1v) is 11.0. The number of rotatable bonds is 7. The first-order chi connectivity index (χ1) is 13.7. The zero-order valence-electron chi connectivity index (χ0n) is 15.8. The topological polar surface area (TPSA) is 81.2 Å². The van der Waals surface area contributed by atoms with Gasteiger partial charge in [0.15, 0.2) is 0 Å². The van der Waals surface area contributed by atoms with E-state index in [1.807, 2.05) is 19.9 Å². The summed E-state index contributed by atoms with van der Waals surface area (Å²) < 4.78 is 33.3. The molecular weight excluding hydrogens is 433 g/mol. The number of nitrogens with zero attached hydrogens (tertiary/aromatic N) is 2. The van der Waals surface area contributed by atoms with E-state index in [0.29, 0.717) is 35.3 Å². The summed E-state index contributed by atoms with van der Waals surface area (Å²) in [7, 11) is -3.82. The molecule has 6 nitrogen and oxygen atoms in total. The van der Waals surface area contributed by atoms with Crippen molar-refractivity contribution in [2.24, 2.45) is 5.92 Å². The minimum absolute atomic E-state index is 0.0174. The van der Waals surface area contributed by atoms with E-state index >= 15 is 0 Å². The average Bonchev–Trinajstić information content (AvgIpc) is 2.68. The van der Waals surface area contributed by atoms with Crippen LogP contribution in [-0.2, 0) is 10.0 Å². The van der Waals surface area contributed by atoms with Gasteiger partial charge in [-0.15, -0.1) is 10.2 Å². The van der Waals surface area contributed by atoms with Crippen molar-refractivity contribution in [1.82, 2.24) is 10.2 Å². The SMILES string of the molecule is CC(C)COc1ccc(-c2cccc(NS(=O)(=O)c3ccc(Cl)c(Cl)c3)c2)nn1. The Balaban J connectivity index is 1.79. The van der Waals surface area contributed by atoms with Crippen LogP contribution in [0.25, 0.3) is 11.3 Å². The van der Waals surface area contributed by atoms with Crippen LogP contribution in [0, 0.1) is 5.92 Å². The quantitative estimate of drug-likeness (QED) is 0.527. The number of halogens is 2. The number of ether oxygens (including phenoxy) is 1. The molecule has 0 fully saturated rings. The number of nitrogens with one attached hydrogen (secondary N) is 1. The largest absolute Gasteiger partial charge is 0.476 e. The van der Waals surface area contributed by atoms with Gasteiger partial charge in [0, 0.05) is 17.3 Å². The van der Waals surface area contributed by atoms with Crippen molar-refractivity contribution in [2.45, 2.75) is 18.7 Å². The van der Waals surface area contributed by atoms with Crippen LogP contribution in [0.5, 0.6) is 5.88 Å². The molecule has 0 aliphatic carbocycles. The fourth-order valence-corrected chi connectivity index (χ4v) is 3.84. The van der Waals surface area contributed by atoms with Crippen molar-refractivity contribution in [2.75, 3.05) is 11.3 Å². The van der Waals surface area contributed by atoms with E-state index in [1.54, 1.807) is 30.3 Å². The molecule has 0 aliphatic heterocycles. The van der Waals surface area contributed by atoms with Crippen LogP contribution in [0.3, 0.4) is 0 Å². The molecule has 1 N–H and O–H groups in total. The number of benzene rings is 2. The predicted molar refractivity (Wildman–Crippen MR) is 115 cm³/mol. The summed E-state index contributed by atoms with van der Waals surface area (Å²) >= 11 is 11.8. The van der Waals surface area contributed by atoms with Gasteiger partial charge in [-0.05, 0) is 42.3 Å². The molecule has 0 atom stereocenters. The average molecular weight is 452 g/mol. The molecule has 0 amide bonds. The second kappa shape index (κ2) is 8.98. The minimum atomic E-state index is -3.82. The van der Waals surface area contributed by atoms with Crippen molar-refractivity contribution >= 4 is 38.9 Å². The van der Waals surface area contributed by atoms with Gasteiger partial charge in [-0.25, -0.2) is 8.42 Å². The monoisotopic (exact) mass is 451 g/mol. The molecule has 1 aromatic heterocycles. The number of anilines is 1. The van der Waals surface area contributed by atoms with Crippen molar-refractivity contribution < 1.29 is 13.2 Å². The molecule has 0 aliphatic rings. The number of hydrogen-bond acceptors (Lipinski definition) is 5. The maximum Gasteiger partial charge on any atom is 0.261 e. The molecule has 3 aromatic rings. The van der Waals surface area contributed by atoms with E-state index in [2.05, 4.69) is 14.9 Å². The van der Waals surface area contributed by atoms with Crippen LogP contribution in [0.4, 0.5) is 5.69 Å². The van der Waals surface area contributed by atoms with E-state index < -0.39 is 10.0 Å². The van der Waals surface area contributed by atoms with Crippen molar-refractivity contribution in [3.8, 4) is 17.1 Å². The lowest BCUT2D eigenvalue weighted by Crippen LogP contribution is -2.13. The molecule has 2 aromatic carbocycles. The molecule has 9 heteroatoms. The van der Waals surface area contributed by atoms with E-state index in [1.165, 1.54) is 18.2 Å². The van der Waals surface area contributed by atoms with Crippen LogP contribution < -0.4 is 9.46 Å². The highest BCUT2D eigenvalue weighted by atomic mass is 35.5. The molecule has 3 rings (SSSR count). The highest BCUT2D eigenvalue weighted by Gasteiger charge is 2.16. The zero-order valence-corrected chi connectivity index (χ0v) is 18.1. The highest BCUT2D eigenvalue weighted by molar-refractivity contribution is 7.92. The van der Waals surface area contributed by atoms with Gasteiger partial charge < -0.3 is 4.74 Å². The summed E-state index contributed by atoms with van der Waals surface area (Å²) in [6, 6.07) is 14.5. The lowest BCUT2D eigenvalue weighted by atomic mass is 10.1. The van der Waals surface area contributed by atoms with E-state index in [9.17, 15) is 8.42 Å². The van der Waals surface area contributed by atoms with E-state index in [4.69, 9.17) is 27.9 Å². The molecule has 0 spiro atoms. The zero-order chi connectivity index (χ0) is 21.0. The Morgan fingerprint density at radius 1 is 1.00 bits per heavy atom.